The van der Waals surface area contributed by atoms with Crippen LogP contribution < -0.4 is 5.44 Å². The lowest BCUT2D eigenvalue weighted by Crippen LogP contribution is -2.00. The van der Waals surface area contributed by atoms with Gasteiger partial charge in [-0.25, -0.2) is 0 Å². The van der Waals surface area contributed by atoms with Crippen LogP contribution in [0.1, 0.15) is 25.3 Å². The minimum absolute atomic E-state index is 0.566. The van der Waals surface area contributed by atoms with E-state index in [1.54, 1.807) is 0 Å². The first kappa shape index (κ1) is 6.76. The van der Waals surface area contributed by atoms with Crippen molar-refractivity contribution in [2.75, 3.05) is 0 Å². The van der Waals surface area contributed by atoms with Gasteiger partial charge in [-0.1, -0.05) is 23.1 Å². The highest BCUT2D eigenvalue weighted by Crippen LogP contribution is 2.10. The van der Waals surface area contributed by atoms with Gasteiger partial charge >= 0.3 is 0 Å². The first-order chi connectivity index (χ1) is 4.22. The molecule has 0 amide bonds. The Kier molecular flexibility index (Phi) is 1.87. The summed E-state index contributed by atoms with van der Waals surface area (Å²) in [6.45, 7) is 4.30. The van der Waals surface area contributed by atoms with Crippen molar-refractivity contribution in [3.63, 3.8) is 0 Å². The summed E-state index contributed by atoms with van der Waals surface area (Å²) in [7, 11) is 2.60. The molecule has 1 N–H and O–H groups in total. The monoisotopic (exact) mass is 142 g/mol. The first-order valence-corrected chi connectivity index (χ1v) is 3.58. The lowest BCUT2D eigenvalue weighted by molar-refractivity contribution is 0.874. The maximum absolute atomic E-state index is 3.98. The number of hydrogen-bond donors (Lipinski definition) is 1. The van der Waals surface area contributed by atoms with E-state index < -0.39 is 0 Å². The summed E-state index contributed by atoms with van der Waals surface area (Å²) in [6, 6.07) is 0. The zero-order valence-corrected chi connectivity index (χ0v) is 6.83. The summed E-state index contributed by atoms with van der Waals surface area (Å²) >= 11 is 0. The molecule has 0 spiro atoms. The fourth-order valence-electron chi connectivity index (χ4n) is 0.772. The normalized spacial score (nSPS) is 10.7. The summed E-state index contributed by atoms with van der Waals surface area (Å²) in [5.74, 6) is 0.566. The number of hydrogen-bond acceptors (Lipinski definition) is 1. The van der Waals surface area contributed by atoms with Gasteiger partial charge in [0.2, 0.25) is 0 Å². The molecular formula is C6H11N2P. The molecule has 0 aliphatic carbocycles. The molecule has 0 aromatic carbocycles. The minimum atomic E-state index is 0.566. The van der Waals surface area contributed by atoms with Crippen LogP contribution in [0.3, 0.4) is 0 Å². The molecule has 2 nitrogen and oxygen atoms in total. The number of aromatic amines is 1. The second kappa shape index (κ2) is 2.49. The molecule has 0 fully saturated rings. The lowest BCUT2D eigenvalue weighted by Gasteiger charge is -1.98. The van der Waals surface area contributed by atoms with E-state index in [-0.39, 0.29) is 0 Å². The Morgan fingerprint density at radius 1 is 1.67 bits per heavy atom. The Morgan fingerprint density at radius 3 is 2.56 bits per heavy atom. The smallest absolute Gasteiger partial charge is 0.0820 e. The highest BCUT2D eigenvalue weighted by atomic mass is 31.0. The fraction of sp³-hybridized carbons (Fsp3) is 0.500. The third kappa shape index (κ3) is 1.31. The van der Waals surface area contributed by atoms with Gasteiger partial charge in [0.05, 0.1) is 5.44 Å². The topological polar surface area (TPSA) is 28.7 Å². The second-order valence-electron chi connectivity index (χ2n) is 2.38. The predicted molar refractivity (Wildman–Crippen MR) is 42.0 cm³/mol. The number of rotatable bonds is 1. The molecule has 0 radical (unpaired) electrons. The maximum Gasteiger partial charge on any atom is 0.0820 e. The van der Waals surface area contributed by atoms with Gasteiger partial charge in [-0.3, -0.25) is 5.10 Å². The van der Waals surface area contributed by atoms with Crippen molar-refractivity contribution < 1.29 is 0 Å². The van der Waals surface area contributed by atoms with Crippen LogP contribution in [0.5, 0.6) is 0 Å². The highest BCUT2D eigenvalue weighted by Gasteiger charge is 2.03. The fourth-order valence-corrected chi connectivity index (χ4v) is 1.26. The van der Waals surface area contributed by atoms with Crippen molar-refractivity contribution in [3.8, 4) is 0 Å². The average Bonchev–Trinajstić information content (AvgIpc) is 2.13. The maximum atomic E-state index is 3.98. The number of nitrogens with one attached hydrogen (secondary N) is 1. The molecule has 50 valence electrons. The van der Waals surface area contributed by atoms with Crippen LogP contribution in [-0.4, -0.2) is 10.2 Å². The number of H-pyrrole nitrogens is 1. The predicted octanol–water partition coefficient (Wildman–Crippen LogP) is 1.03. The third-order valence-corrected chi connectivity index (χ3v) is 1.79. The van der Waals surface area contributed by atoms with Gasteiger partial charge in [0, 0.05) is 6.20 Å². The molecule has 0 saturated heterocycles. The van der Waals surface area contributed by atoms with Crippen LogP contribution in [-0.2, 0) is 0 Å². The van der Waals surface area contributed by atoms with Crippen molar-refractivity contribution in [1.82, 2.24) is 10.2 Å². The van der Waals surface area contributed by atoms with Gasteiger partial charge in [-0.15, -0.1) is 0 Å². The number of aromatic nitrogens is 2. The van der Waals surface area contributed by atoms with Gasteiger partial charge in [0.15, 0.2) is 0 Å². The zero-order valence-electron chi connectivity index (χ0n) is 5.68. The Hall–Kier alpha value is -0.360. The first-order valence-electron chi connectivity index (χ1n) is 3.01. The van der Waals surface area contributed by atoms with E-state index in [1.807, 2.05) is 6.20 Å². The van der Waals surface area contributed by atoms with Gasteiger partial charge in [-0.2, -0.15) is 5.10 Å². The highest BCUT2D eigenvalue weighted by molar-refractivity contribution is 7.27. The molecule has 1 unspecified atom stereocenters. The molecular weight excluding hydrogens is 131 g/mol. The van der Waals surface area contributed by atoms with Crippen LogP contribution in [0.2, 0.25) is 0 Å². The third-order valence-electron chi connectivity index (χ3n) is 1.32. The summed E-state index contributed by atoms with van der Waals surface area (Å²) in [5, 5.41) is 6.78. The van der Waals surface area contributed by atoms with Crippen molar-refractivity contribution in [2.45, 2.75) is 19.8 Å². The van der Waals surface area contributed by atoms with Gasteiger partial charge in [0.1, 0.15) is 0 Å². The Balaban J connectivity index is 2.94. The van der Waals surface area contributed by atoms with Crippen molar-refractivity contribution in [1.29, 1.82) is 0 Å². The average molecular weight is 142 g/mol. The zero-order chi connectivity index (χ0) is 6.85. The minimum Gasteiger partial charge on any atom is -0.285 e. The van der Waals surface area contributed by atoms with E-state index in [9.17, 15) is 0 Å². The molecule has 1 heterocycles. The molecule has 1 aromatic heterocycles. The second-order valence-corrected chi connectivity index (χ2v) is 2.93. The summed E-state index contributed by atoms with van der Waals surface area (Å²) in [6.07, 6.45) is 1.94. The van der Waals surface area contributed by atoms with E-state index in [2.05, 4.69) is 33.3 Å². The van der Waals surface area contributed by atoms with Gasteiger partial charge in [-0.05, 0) is 11.5 Å². The Morgan fingerprint density at radius 2 is 2.33 bits per heavy atom. The molecule has 0 saturated carbocycles. The molecule has 1 rings (SSSR count). The summed E-state index contributed by atoms with van der Waals surface area (Å²) in [4.78, 5) is 0. The molecule has 1 atom stereocenters. The van der Waals surface area contributed by atoms with E-state index in [4.69, 9.17) is 0 Å². The Bertz CT molecular complexity index is 193. The van der Waals surface area contributed by atoms with Crippen molar-refractivity contribution in [3.05, 3.63) is 11.8 Å². The summed E-state index contributed by atoms with van der Waals surface area (Å²) in [5.41, 5.74) is 2.31. The Labute approximate surface area is 57.3 Å². The van der Waals surface area contributed by atoms with Crippen LogP contribution >= 0.6 is 9.24 Å². The van der Waals surface area contributed by atoms with Crippen LogP contribution in [0.25, 0.3) is 0 Å². The molecule has 3 heteroatoms. The van der Waals surface area contributed by atoms with E-state index in [1.165, 1.54) is 5.56 Å². The number of nitrogens with zero attached hydrogens (tertiary/aromatic N) is 1. The van der Waals surface area contributed by atoms with Crippen molar-refractivity contribution in [2.24, 2.45) is 0 Å². The van der Waals surface area contributed by atoms with Crippen molar-refractivity contribution >= 4 is 14.7 Å². The standard InChI is InChI=1S/C6H11N2P/c1-4(2)5-3-7-8-6(5)9/h3-4H,9H2,1-2H3,(H,7,8). The van der Waals surface area contributed by atoms with E-state index in [0.29, 0.717) is 5.92 Å². The van der Waals surface area contributed by atoms with Crippen LogP contribution in [0.4, 0.5) is 0 Å². The largest absolute Gasteiger partial charge is 0.285 e. The van der Waals surface area contributed by atoms with Crippen LogP contribution in [0.15, 0.2) is 6.20 Å². The van der Waals surface area contributed by atoms with Crippen LogP contribution in [0, 0.1) is 0 Å². The van der Waals surface area contributed by atoms with Gasteiger partial charge in [0.25, 0.3) is 0 Å². The quantitative estimate of drug-likeness (QED) is 0.583. The summed E-state index contributed by atoms with van der Waals surface area (Å²) < 4.78 is 0. The van der Waals surface area contributed by atoms with Gasteiger partial charge < -0.3 is 0 Å². The SMILES string of the molecule is CC(C)c1c[nH]nc1P. The molecule has 9 heavy (non-hydrogen) atoms. The molecule has 0 aliphatic heterocycles. The molecule has 0 bridgehead atoms. The van der Waals surface area contributed by atoms with E-state index in [0.717, 1.165) is 5.44 Å². The molecule has 0 aliphatic rings. The molecule has 1 aromatic rings. The van der Waals surface area contributed by atoms with E-state index >= 15 is 0 Å². The lowest BCUT2D eigenvalue weighted by atomic mass is 10.1.